The highest BCUT2D eigenvalue weighted by molar-refractivity contribution is 6.30. The first-order valence-electron chi connectivity index (χ1n) is 7.49. The van der Waals surface area contributed by atoms with Crippen molar-refractivity contribution in [1.82, 2.24) is 5.32 Å². The lowest BCUT2D eigenvalue weighted by Crippen LogP contribution is -2.44. The molecule has 0 heterocycles. The normalized spacial score (nSPS) is 11.1. The maximum absolute atomic E-state index is 13.2. The highest BCUT2D eigenvalue weighted by Gasteiger charge is 2.36. The molecule has 2 rings (SSSR count). The van der Waals surface area contributed by atoms with Crippen LogP contribution in [0.15, 0.2) is 42.5 Å². The molecular formula is C18H17ClF2N2O2. The molecule has 2 amide bonds. The lowest BCUT2D eigenvalue weighted by atomic mass is 9.90. The number of benzene rings is 2. The third kappa shape index (κ3) is 4.76. The van der Waals surface area contributed by atoms with Gasteiger partial charge in [-0.1, -0.05) is 23.7 Å². The average Bonchev–Trinajstić information content (AvgIpc) is 2.57. The van der Waals surface area contributed by atoms with Crippen molar-refractivity contribution in [1.29, 1.82) is 0 Å². The highest BCUT2D eigenvalue weighted by atomic mass is 35.5. The Kier molecular flexibility index (Phi) is 5.74. The molecule has 0 radical (unpaired) electrons. The maximum atomic E-state index is 13.2. The minimum absolute atomic E-state index is 0.0717. The Labute approximate surface area is 149 Å². The molecule has 0 saturated carbocycles. The molecule has 0 aromatic heterocycles. The highest BCUT2D eigenvalue weighted by Crippen LogP contribution is 2.21. The number of hydrogen-bond donors (Lipinski definition) is 2. The Hall–Kier alpha value is -2.47. The maximum Gasteiger partial charge on any atom is 0.239 e. The monoisotopic (exact) mass is 366 g/mol. The molecule has 7 heteroatoms. The van der Waals surface area contributed by atoms with Crippen molar-refractivity contribution in [2.75, 3.05) is 5.32 Å². The van der Waals surface area contributed by atoms with Gasteiger partial charge in [0.15, 0.2) is 11.6 Å². The van der Waals surface area contributed by atoms with E-state index >= 15 is 0 Å². The summed E-state index contributed by atoms with van der Waals surface area (Å²) in [4.78, 5) is 24.6. The molecule has 0 unspecified atom stereocenters. The first kappa shape index (κ1) is 18.9. The van der Waals surface area contributed by atoms with Crippen LogP contribution in [0.5, 0.6) is 0 Å². The van der Waals surface area contributed by atoms with E-state index < -0.39 is 28.9 Å². The summed E-state index contributed by atoms with van der Waals surface area (Å²) in [5, 5.41) is 5.67. The van der Waals surface area contributed by atoms with Gasteiger partial charge in [0.1, 0.15) is 5.41 Å². The number of halogens is 3. The van der Waals surface area contributed by atoms with Gasteiger partial charge >= 0.3 is 0 Å². The number of hydrogen-bond acceptors (Lipinski definition) is 2. The summed E-state index contributed by atoms with van der Waals surface area (Å²) < 4.78 is 26.1. The molecule has 2 aromatic rings. The van der Waals surface area contributed by atoms with Gasteiger partial charge < -0.3 is 10.6 Å². The Morgan fingerprint density at radius 2 is 1.64 bits per heavy atom. The fourth-order valence-corrected chi connectivity index (χ4v) is 2.10. The molecule has 132 valence electrons. The predicted octanol–water partition coefficient (Wildman–Crippen LogP) is 3.90. The Morgan fingerprint density at radius 1 is 1.00 bits per heavy atom. The Balaban J connectivity index is 2.00. The minimum Gasteiger partial charge on any atom is -0.351 e. The van der Waals surface area contributed by atoms with Crippen molar-refractivity contribution in [3.05, 3.63) is 64.7 Å². The minimum atomic E-state index is -1.41. The molecule has 0 spiro atoms. The third-order valence-electron chi connectivity index (χ3n) is 3.68. The number of anilines is 1. The van der Waals surface area contributed by atoms with Gasteiger partial charge in [0.25, 0.3) is 0 Å². The second-order valence-electron chi connectivity index (χ2n) is 6.02. The van der Waals surface area contributed by atoms with E-state index in [2.05, 4.69) is 10.6 Å². The summed E-state index contributed by atoms with van der Waals surface area (Å²) in [5.41, 5.74) is -0.505. The van der Waals surface area contributed by atoms with Crippen LogP contribution in [0.3, 0.4) is 0 Å². The summed E-state index contributed by atoms with van der Waals surface area (Å²) in [6.07, 6.45) is 0. The van der Waals surface area contributed by atoms with E-state index in [0.29, 0.717) is 5.02 Å². The SMILES string of the molecule is CC(C)(C(=O)NCc1ccc(Cl)cc1)C(=O)Nc1ccc(F)c(F)c1. The average molecular weight is 367 g/mol. The Bertz CT molecular complexity index is 792. The number of carbonyl (C=O) groups is 2. The number of amides is 2. The van der Waals surface area contributed by atoms with E-state index in [0.717, 1.165) is 17.7 Å². The van der Waals surface area contributed by atoms with Gasteiger partial charge in [-0.25, -0.2) is 8.78 Å². The van der Waals surface area contributed by atoms with Crippen LogP contribution in [0.4, 0.5) is 14.5 Å². The molecule has 0 aliphatic heterocycles. The van der Waals surface area contributed by atoms with Crippen molar-refractivity contribution >= 4 is 29.1 Å². The zero-order chi connectivity index (χ0) is 18.6. The largest absolute Gasteiger partial charge is 0.351 e. The molecule has 0 fully saturated rings. The van der Waals surface area contributed by atoms with Crippen LogP contribution in [0.1, 0.15) is 19.4 Å². The lowest BCUT2D eigenvalue weighted by Gasteiger charge is -2.22. The van der Waals surface area contributed by atoms with Crippen LogP contribution in [0, 0.1) is 17.0 Å². The van der Waals surface area contributed by atoms with Gasteiger partial charge in [0, 0.05) is 23.3 Å². The predicted molar refractivity (Wildman–Crippen MR) is 92.1 cm³/mol. The van der Waals surface area contributed by atoms with E-state index in [-0.39, 0.29) is 12.2 Å². The van der Waals surface area contributed by atoms with Crippen molar-refractivity contribution in [2.45, 2.75) is 20.4 Å². The second-order valence-corrected chi connectivity index (χ2v) is 6.45. The number of nitrogens with one attached hydrogen (secondary N) is 2. The summed E-state index contributed by atoms with van der Waals surface area (Å²) in [6.45, 7) is 3.12. The molecular weight excluding hydrogens is 350 g/mol. The van der Waals surface area contributed by atoms with E-state index in [4.69, 9.17) is 11.6 Å². The van der Waals surface area contributed by atoms with E-state index in [1.807, 2.05) is 0 Å². The molecule has 2 aromatic carbocycles. The van der Waals surface area contributed by atoms with Crippen LogP contribution < -0.4 is 10.6 Å². The van der Waals surface area contributed by atoms with Crippen molar-refractivity contribution in [2.24, 2.45) is 5.41 Å². The van der Waals surface area contributed by atoms with E-state index in [9.17, 15) is 18.4 Å². The smallest absolute Gasteiger partial charge is 0.239 e. The van der Waals surface area contributed by atoms with Crippen molar-refractivity contribution in [3.8, 4) is 0 Å². The summed E-state index contributed by atoms with van der Waals surface area (Å²) in [7, 11) is 0. The van der Waals surface area contributed by atoms with E-state index in [1.165, 1.54) is 19.9 Å². The molecule has 0 atom stereocenters. The second kappa shape index (κ2) is 7.61. The van der Waals surface area contributed by atoms with Crippen LogP contribution >= 0.6 is 11.6 Å². The zero-order valence-electron chi connectivity index (χ0n) is 13.7. The molecule has 4 nitrogen and oxygen atoms in total. The fourth-order valence-electron chi connectivity index (χ4n) is 1.97. The van der Waals surface area contributed by atoms with Crippen LogP contribution in [0.2, 0.25) is 5.02 Å². The fraction of sp³-hybridized carbons (Fsp3) is 0.222. The zero-order valence-corrected chi connectivity index (χ0v) is 14.5. The molecule has 0 bridgehead atoms. The van der Waals surface area contributed by atoms with Gasteiger partial charge in [-0.05, 0) is 43.7 Å². The number of rotatable bonds is 5. The lowest BCUT2D eigenvalue weighted by molar-refractivity contribution is -0.138. The van der Waals surface area contributed by atoms with Crippen LogP contribution in [-0.4, -0.2) is 11.8 Å². The number of carbonyl (C=O) groups excluding carboxylic acids is 2. The molecule has 2 N–H and O–H groups in total. The standard InChI is InChI=1S/C18H17ClF2N2O2/c1-18(2,16(24)22-10-11-3-5-12(19)6-4-11)17(25)23-13-7-8-14(20)15(21)9-13/h3-9H,10H2,1-2H3,(H,22,24)(H,23,25). The molecule has 0 aliphatic carbocycles. The quantitative estimate of drug-likeness (QED) is 0.788. The molecule has 0 saturated heterocycles. The van der Waals surface area contributed by atoms with Crippen LogP contribution in [0.25, 0.3) is 0 Å². The molecule has 0 aliphatic rings. The summed E-state index contributed by atoms with van der Waals surface area (Å²) in [5.74, 6) is -3.23. The topological polar surface area (TPSA) is 58.2 Å². The van der Waals surface area contributed by atoms with Crippen LogP contribution in [-0.2, 0) is 16.1 Å². The first-order chi connectivity index (χ1) is 11.7. The van der Waals surface area contributed by atoms with Crippen molar-refractivity contribution < 1.29 is 18.4 Å². The van der Waals surface area contributed by atoms with Gasteiger partial charge in [-0.15, -0.1) is 0 Å². The van der Waals surface area contributed by atoms with Gasteiger partial charge in [-0.2, -0.15) is 0 Å². The third-order valence-corrected chi connectivity index (χ3v) is 3.93. The molecule has 25 heavy (non-hydrogen) atoms. The first-order valence-corrected chi connectivity index (χ1v) is 7.87. The Morgan fingerprint density at radius 3 is 2.24 bits per heavy atom. The van der Waals surface area contributed by atoms with E-state index in [1.54, 1.807) is 24.3 Å². The van der Waals surface area contributed by atoms with Gasteiger partial charge in [-0.3, -0.25) is 9.59 Å². The summed E-state index contributed by atoms with van der Waals surface area (Å²) >= 11 is 5.80. The summed E-state index contributed by atoms with van der Waals surface area (Å²) in [6, 6.07) is 9.90. The van der Waals surface area contributed by atoms with Crippen molar-refractivity contribution in [3.63, 3.8) is 0 Å². The van der Waals surface area contributed by atoms with Gasteiger partial charge in [0.2, 0.25) is 11.8 Å². The van der Waals surface area contributed by atoms with Gasteiger partial charge in [0.05, 0.1) is 0 Å².